The third kappa shape index (κ3) is 2.90. The van der Waals surface area contributed by atoms with Gasteiger partial charge in [-0.1, -0.05) is 26.0 Å². The van der Waals surface area contributed by atoms with Crippen LogP contribution in [0.2, 0.25) is 0 Å². The van der Waals surface area contributed by atoms with Gasteiger partial charge in [-0.05, 0) is 43.0 Å². The van der Waals surface area contributed by atoms with Gasteiger partial charge in [-0.25, -0.2) is 15.8 Å². The fraction of sp³-hybridized carbons (Fsp3) is 0.333. The van der Waals surface area contributed by atoms with Gasteiger partial charge < -0.3 is 0 Å². The SMILES string of the molecule is Cc1cc(-c2cc(C(C)C)ccc2C)nc(NN)n1. The first kappa shape index (κ1) is 13.5. The van der Waals surface area contributed by atoms with E-state index in [0.29, 0.717) is 11.9 Å². The van der Waals surface area contributed by atoms with Crippen LogP contribution in [0.3, 0.4) is 0 Å². The summed E-state index contributed by atoms with van der Waals surface area (Å²) in [6, 6.07) is 8.48. The van der Waals surface area contributed by atoms with E-state index in [1.165, 1.54) is 11.1 Å². The molecule has 0 saturated heterocycles. The van der Waals surface area contributed by atoms with Crippen LogP contribution in [0, 0.1) is 13.8 Å². The van der Waals surface area contributed by atoms with Crippen molar-refractivity contribution in [2.75, 3.05) is 5.43 Å². The van der Waals surface area contributed by atoms with E-state index < -0.39 is 0 Å². The highest BCUT2D eigenvalue weighted by Gasteiger charge is 2.09. The van der Waals surface area contributed by atoms with Crippen LogP contribution in [0.25, 0.3) is 11.3 Å². The van der Waals surface area contributed by atoms with E-state index >= 15 is 0 Å². The normalized spacial score (nSPS) is 10.8. The van der Waals surface area contributed by atoms with Crippen LogP contribution in [0.15, 0.2) is 24.3 Å². The molecule has 0 bridgehead atoms. The summed E-state index contributed by atoms with van der Waals surface area (Å²) in [4.78, 5) is 8.65. The first-order valence-electron chi connectivity index (χ1n) is 6.44. The second kappa shape index (κ2) is 5.36. The van der Waals surface area contributed by atoms with Gasteiger partial charge in [0, 0.05) is 11.3 Å². The third-order valence-electron chi connectivity index (χ3n) is 3.19. The lowest BCUT2D eigenvalue weighted by Crippen LogP contribution is -2.11. The third-order valence-corrected chi connectivity index (χ3v) is 3.19. The van der Waals surface area contributed by atoms with E-state index in [1.807, 2.05) is 13.0 Å². The zero-order valence-electron chi connectivity index (χ0n) is 11.9. The first-order valence-corrected chi connectivity index (χ1v) is 6.44. The fourth-order valence-electron chi connectivity index (χ4n) is 2.05. The molecular formula is C15H20N4. The van der Waals surface area contributed by atoms with Gasteiger partial charge in [-0.2, -0.15) is 0 Å². The number of nitrogens with two attached hydrogens (primary N) is 1. The second-order valence-electron chi connectivity index (χ2n) is 5.09. The van der Waals surface area contributed by atoms with E-state index in [4.69, 9.17) is 5.84 Å². The van der Waals surface area contributed by atoms with Crippen LogP contribution in [-0.2, 0) is 0 Å². The molecule has 2 aromatic rings. The standard InChI is InChI=1S/C15H20N4/c1-9(2)12-6-5-10(3)13(8-12)14-7-11(4)17-15(18-14)19-16/h5-9H,16H2,1-4H3,(H,17,18,19). The molecule has 0 saturated carbocycles. The zero-order valence-corrected chi connectivity index (χ0v) is 11.9. The molecule has 4 nitrogen and oxygen atoms in total. The van der Waals surface area contributed by atoms with Gasteiger partial charge in [-0.3, -0.25) is 5.43 Å². The Labute approximate surface area is 114 Å². The Balaban J connectivity index is 2.57. The summed E-state index contributed by atoms with van der Waals surface area (Å²) < 4.78 is 0. The molecule has 100 valence electrons. The predicted molar refractivity (Wildman–Crippen MR) is 78.8 cm³/mol. The predicted octanol–water partition coefficient (Wildman–Crippen LogP) is 3.17. The van der Waals surface area contributed by atoms with Gasteiger partial charge in [0.1, 0.15) is 0 Å². The zero-order chi connectivity index (χ0) is 14.0. The molecular weight excluding hydrogens is 236 g/mol. The van der Waals surface area contributed by atoms with E-state index in [2.05, 4.69) is 54.4 Å². The highest BCUT2D eigenvalue weighted by molar-refractivity contribution is 5.65. The number of aryl methyl sites for hydroxylation is 2. The summed E-state index contributed by atoms with van der Waals surface area (Å²) in [5.41, 5.74) is 7.95. The molecule has 1 heterocycles. The van der Waals surface area contributed by atoms with Crippen molar-refractivity contribution in [1.29, 1.82) is 0 Å². The van der Waals surface area contributed by atoms with Crippen molar-refractivity contribution in [1.82, 2.24) is 9.97 Å². The number of nitrogen functional groups attached to an aromatic ring is 1. The molecule has 0 fully saturated rings. The quantitative estimate of drug-likeness (QED) is 0.654. The average Bonchev–Trinajstić information content (AvgIpc) is 2.38. The summed E-state index contributed by atoms with van der Waals surface area (Å²) in [6.45, 7) is 8.40. The van der Waals surface area contributed by atoms with Crippen molar-refractivity contribution in [2.45, 2.75) is 33.6 Å². The molecule has 3 N–H and O–H groups in total. The van der Waals surface area contributed by atoms with Crippen LogP contribution in [0.5, 0.6) is 0 Å². The highest BCUT2D eigenvalue weighted by atomic mass is 15.3. The van der Waals surface area contributed by atoms with E-state index in [1.54, 1.807) is 0 Å². The monoisotopic (exact) mass is 256 g/mol. The molecule has 2 rings (SSSR count). The molecule has 1 aromatic carbocycles. The number of anilines is 1. The largest absolute Gasteiger partial charge is 0.292 e. The van der Waals surface area contributed by atoms with Gasteiger partial charge in [0.15, 0.2) is 0 Å². The smallest absolute Gasteiger partial charge is 0.237 e. The lowest BCUT2D eigenvalue weighted by Gasteiger charge is -2.12. The van der Waals surface area contributed by atoms with Gasteiger partial charge in [-0.15, -0.1) is 0 Å². The van der Waals surface area contributed by atoms with Crippen molar-refractivity contribution in [3.63, 3.8) is 0 Å². The Bertz CT molecular complexity index is 591. The Morgan fingerprint density at radius 2 is 1.84 bits per heavy atom. The van der Waals surface area contributed by atoms with Crippen molar-refractivity contribution in [3.8, 4) is 11.3 Å². The number of hydrazine groups is 1. The van der Waals surface area contributed by atoms with E-state index in [9.17, 15) is 0 Å². The van der Waals surface area contributed by atoms with Crippen molar-refractivity contribution in [2.24, 2.45) is 5.84 Å². The minimum Gasteiger partial charge on any atom is -0.292 e. The van der Waals surface area contributed by atoms with Gasteiger partial charge in [0.05, 0.1) is 5.69 Å². The molecule has 19 heavy (non-hydrogen) atoms. The number of aromatic nitrogens is 2. The Kier molecular flexibility index (Phi) is 3.81. The summed E-state index contributed by atoms with van der Waals surface area (Å²) >= 11 is 0. The molecule has 0 radical (unpaired) electrons. The molecule has 0 aliphatic carbocycles. The first-order chi connectivity index (χ1) is 9.01. The minimum absolute atomic E-state index is 0.448. The summed E-state index contributed by atoms with van der Waals surface area (Å²) in [5, 5.41) is 0. The van der Waals surface area contributed by atoms with E-state index in [-0.39, 0.29) is 0 Å². The molecule has 0 atom stereocenters. The van der Waals surface area contributed by atoms with Crippen LogP contribution in [0.1, 0.15) is 36.6 Å². The van der Waals surface area contributed by atoms with Crippen molar-refractivity contribution in [3.05, 3.63) is 41.1 Å². The number of benzene rings is 1. The number of nitrogens with zero attached hydrogens (tertiary/aromatic N) is 2. The van der Waals surface area contributed by atoms with Crippen LogP contribution >= 0.6 is 0 Å². The summed E-state index contributed by atoms with van der Waals surface area (Å²) in [6.07, 6.45) is 0. The average molecular weight is 256 g/mol. The maximum absolute atomic E-state index is 5.41. The Hall–Kier alpha value is -1.94. The van der Waals surface area contributed by atoms with Crippen molar-refractivity contribution >= 4 is 5.95 Å². The van der Waals surface area contributed by atoms with Gasteiger partial charge in [0.25, 0.3) is 0 Å². The summed E-state index contributed by atoms with van der Waals surface area (Å²) in [5.74, 6) is 6.35. The lowest BCUT2D eigenvalue weighted by molar-refractivity contribution is 0.866. The van der Waals surface area contributed by atoms with E-state index in [0.717, 1.165) is 17.0 Å². The van der Waals surface area contributed by atoms with Gasteiger partial charge in [0.2, 0.25) is 5.95 Å². The fourth-order valence-corrected chi connectivity index (χ4v) is 2.05. The maximum Gasteiger partial charge on any atom is 0.237 e. The van der Waals surface area contributed by atoms with Crippen LogP contribution in [0.4, 0.5) is 5.95 Å². The second-order valence-corrected chi connectivity index (χ2v) is 5.09. The van der Waals surface area contributed by atoms with Gasteiger partial charge >= 0.3 is 0 Å². The number of nitrogens with one attached hydrogen (secondary N) is 1. The number of rotatable bonds is 3. The van der Waals surface area contributed by atoms with Crippen LogP contribution in [-0.4, -0.2) is 9.97 Å². The molecule has 1 aromatic heterocycles. The molecule has 4 heteroatoms. The minimum atomic E-state index is 0.448. The molecule has 0 spiro atoms. The van der Waals surface area contributed by atoms with Crippen LogP contribution < -0.4 is 11.3 Å². The Morgan fingerprint density at radius 3 is 2.47 bits per heavy atom. The molecule has 0 amide bonds. The number of hydrogen-bond acceptors (Lipinski definition) is 4. The topological polar surface area (TPSA) is 63.8 Å². The highest BCUT2D eigenvalue weighted by Crippen LogP contribution is 2.27. The maximum atomic E-state index is 5.41. The summed E-state index contributed by atoms with van der Waals surface area (Å²) in [7, 11) is 0. The number of hydrogen-bond donors (Lipinski definition) is 2. The molecule has 0 unspecified atom stereocenters. The lowest BCUT2D eigenvalue weighted by atomic mass is 9.96. The molecule has 0 aliphatic heterocycles. The Morgan fingerprint density at radius 1 is 1.11 bits per heavy atom. The molecule has 0 aliphatic rings. The van der Waals surface area contributed by atoms with Crippen molar-refractivity contribution < 1.29 is 0 Å².